The van der Waals surface area contributed by atoms with E-state index >= 15 is 0 Å². The van der Waals surface area contributed by atoms with E-state index in [9.17, 15) is 0 Å². The van der Waals surface area contributed by atoms with E-state index in [4.69, 9.17) is 0 Å². The average molecular weight is 255 g/mol. The monoisotopic (exact) mass is 255 g/mol. The maximum Gasteiger partial charge on any atom is 0.330 e. The molecule has 19 heavy (non-hydrogen) atoms. The third-order valence-electron chi connectivity index (χ3n) is 5.34. The van der Waals surface area contributed by atoms with Crippen LogP contribution in [0.1, 0.15) is 19.4 Å². The first kappa shape index (κ1) is 13.1. The summed E-state index contributed by atoms with van der Waals surface area (Å²) < 4.78 is 2.44. The highest BCUT2D eigenvalue weighted by Gasteiger charge is 2.54. The van der Waals surface area contributed by atoms with E-state index in [1.165, 1.54) is 11.3 Å². The van der Waals surface area contributed by atoms with E-state index in [1.807, 2.05) is 0 Å². The summed E-state index contributed by atoms with van der Waals surface area (Å²) in [4.78, 5) is 5.08. The molecule has 3 nitrogen and oxygen atoms in total. The summed E-state index contributed by atoms with van der Waals surface area (Å²) in [5.41, 5.74) is 3.03. The minimum atomic E-state index is 0.162. The number of benzene rings is 1. The molecule has 1 saturated heterocycles. The summed E-state index contributed by atoms with van der Waals surface area (Å²) in [5.74, 6) is 0. The molecule has 1 aromatic carbocycles. The quantitative estimate of drug-likeness (QED) is 0.658. The van der Waals surface area contributed by atoms with Gasteiger partial charge in [0.15, 0.2) is 0 Å². The zero-order valence-corrected chi connectivity index (χ0v) is 12.9. The first-order valence-corrected chi connectivity index (χ1v) is 7.19. The fourth-order valence-corrected chi connectivity index (χ4v) is 3.97. The highest BCUT2D eigenvalue weighted by molar-refractivity contribution is 6.74. The Labute approximate surface area is 117 Å². The molecule has 1 aromatic rings. The highest BCUT2D eigenvalue weighted by atomic mass is 15.4. The Hall–Kier alpha value is -0.930. The number of rotatable bonds is 0. The summed E-state index contributed by atoms with van der Waals surface area (Å²) in [6, 6.07) is 8.88. The molecule has 0 amide bonds. The fraction of sp³-hybridized carbons (Fsp3) is 0.571. The molecule has 1 atom stereocenters. The zero-order valence-electron chi connectivity index (χ0n) is 12.9. The normalized spacial score (nSPS) is 26.6. The molecule has 1 unspecified atom stereocenters. The molecule has 0 saturated carbocycles. The van der Waals surface area contributed by atoms with Gasteiger partial charge in [0.25, 0.3) is 6.98 Å². The minimum absolute atomic E-state index is 0.162. The predicted molar refractivity (Wildman–Crippen MR) is 84.5 cm³/mol. The van der Waals surface area contributed by atoms with Crippen LogP contribution in [0.5, 0.6) is 0 Å². The first-order valence-electron chi connectivity index (χ1n) is 7.19. The van der Waals surface area contributed by atoms with E-state index in [2.05, 4.69) is 80.2 Å². The molecule has 0 spiro atoms. The number of fused-ring (bicyclic) bond motifs is 3. The van der Waals surface area contributed by atoms with Crippen LogP contribution in [0.4, 0.5) is 5.69 Å². The number of hydrogen-bond donors (Lipinski definition) is 0. The second kappa shape index (κ2) is 4.03. The summed E-state index contributed by atoms with van der Waals surface area (Å²) in [7, 11) is 4.47. The number of likely N-dealkylation sites (N-methyl/N-ethyl adjacent to an activating group) is 1. The molecule has 100 valence electrons. The Balaban J connectivity index is 2.17. The van der Waals surface area contributed by atoms with Gasteiger partial charge in [-0.25, -0.2) is 0 Å². The molecular weight excluding hydrogens is 232 g/mol. The Kier molecular flexibility index (Phi) is 2.77. The van der Waals surface area contributed by atoms with Crippen molar-refractivity contribution in [1.82, 2.24) is 9.53 Å². The van der Waals surface area contributed by atoms with Crippen LogP contribution >= 0.6 is 0 Å². The molecular formula is C14H23B2N3. The maximum absolute atomic E-state index is 2.58. The molecule has 0 bridgehead atoms. The molecule has 5 heteroatoms. The summed E-state index contributed by atoms with van der Waals surface area (Å²) >= 11 is 0. The van der Waals surface area contributed by atoms with E-state index in [-0.39, 0.29) is 5.41 Å². The Morgan fingerprint density at radius 1 is 1.05 bits per heavy atom. The largest absolute Gasteiger partial charge is 0.387 e. The van der Waals surface area contributed by atoms with Crippen LogP contribution in [-0.2, 0) is 5.41 Å². The zero-order chi connectivity index (χ0) is 13.9. The second-order valence-corrected chi connectivity index (χ2v) is 6.61. The van der Waals surface area contributed by atoms with Gasteiger partial charge in [0.1, 0.15) is 0 Å². The van der Waals surface area contributed by atoms with Crippen molar-refractivity contribution in [1.29, 1.82) is 0 Å². The van der Waals surface area contributed by atoms with E-state index in [0.717, 1.165) is 0 Å². The lowest BCUT2D eigenvalue weighted by atomic mass is 9.56. The van der Waals surface area contributed by atoms with Crippen molar-refractivity contribution in [2.75, 3.05) is 18.9 Å². The van der Waals surface area contributed by atoms with E-state index in [1.54, 1.807) is 0 Å². The SMILES string of the molecule is CB1N(C)B(C)N2c3ccccc3C(C)(C)C2N1C. The van der Waals surface area contributed by atoms with Gasteiger partial charge in [0.2, 0.25) is 0 Å². The molecule has 0 N–H and O–H groups in total. The minimum Gasteiger partial charge on any atom is -0.387 e. The van der Waals surface area contributed by atoms with Crippen LogP contribution in [0.3, 0.4) is 0 Å². The third kappa shape index (κ3) is 1.55. The molecule has 2 aliphatic heterocycles. The van der Waals surface area contributed by atoms with Crippen LogP contribution in [0, 0.1) is 0 Å². The second-order valence-electron chi connectivity index (χ2n) is 6.61. The van der Waals surface area contributed by atoms with Gasteiger partial charge in [-0.15, -0.1) is 0 Å². The van der Waals surface area contributed by atoms with Crippen molar-refractivity contribution in [2.24, 2.45) is 0 Å². The summed E-state index contributed by atoms with van der Waals surface area (Å²) in [6.07, 6.45) is 0.436. The molecule has 2 aliphatic rings. The van der Waals surface area contributed by atoms with Crippen molar-refractivity contribution in [3.8, 4) is 0 Å². The highest BCUT2D eigenvalue weighted by Crippen LogP contribution is 2.48. The van der Waals surface area contributed by atoms with Crippen LogP contribution in [-0.4, -0.2) is 43.8 Å². The standard InChI is InChI=1S/C14H23B2N3/c1-14(2)11-9-7-8-10-12(11)19-13(14)17(5)15(3)18(6)16(19)4/h7-10,13H,1-6H3. The van der Waals surface area contributed by atoms with E-state index in [0.29, 0.717) is 20.1 Å². The van der Waals surface area contributed by atoms with Crippen LogP contribution in [0.25, 0.3) is 0 Å². The Morgan fingerprint density at radius 3 is 2.37 bits per heavy atom. The Bertz CT molecular complexity index is 505. The number of nitrogens with zero attached hydrogens (tertiary/aromatic N) is 3. The van der Waals surface area contributed by atoms with Gasteiger partial charge in [-0.1, -0.05) is 45.7 Å². The lowest BCUT2D eigenvalue weighted by Gasteiger charge is -2.53. The van der Waals surface area contributed by atoms with Crippen molar-refractivity contribution in [3.63, 3.8) is 0 Å². The molecule has 1 fully saturated rings. The summed E-state index contributed by atoms with van der Waals surface area (Å²) in [5, 5.41) is 0. The van der Waals surface area contributed by atoms with Gasteiger partial charge in [-0.2, -0.15) is 0 Å². The lowest BCUT2D eigenvalue weighted by Crippen LogP contribution is -2.73. The average Bonchev–Trinajstić information content (AvgIpc) is 2.63. The molecule has 0 aromatic heterocycles. The van der Waals surface area contributed by atoms with Crippen molar-refractivity contribution in [3.05, 3.63) is 29.8 Å². The number of hydrogen-bond acceptors (Lipinski definition) is 3. The third-order valence-corrected chi connectivity index (χ3v) is 5.34. The first-order chi connectivity index (χ1) is 8.87. The molecule has 3 rings (SSSR count). The van der Waals surface area contributed by atoms with Gasteiger partial charge < -0.3 is 14.3 Å². The van der Waals surface area contributed by atoms with Crippen molar-refractivity contribution < 1.29 is 0 Å². The number of anilines is 1. The smallest absolute Gasteiger partial charge is 0.330 e. The number of para-hydroxylation sites is 1. The lowest BCUT2D eigenvalue weighted by molar-refractivity contribution is 0.258. The van der Waals surface area contributed by atoms with E-state index < -0.39 is 0 Å². The fourth-order valence-electron chi connectivity index (χ4n) is 3.97. The van der Waals surface area contributed by atoms with Gasteiger partial charge >= 0.3 is 6.98 Å². The summed E-state index contributed by atoms with van der Waals surface area (Å²) in [6.45, 7) is 10.3. The maximum atomic E-state index is 2.58. The predicted octanol–water partition coefficient (Wildman–Crippen LogP) is 2.22. The van der Waals surface area contributed by atoms with Gasteiger partial charge in [0, 0.05) is 11.1 Å². The van der Waals surface area contributed by atoms with Crippen LogP contribution < -0.4 is 4.81 Å². The van der Waals surface area contributed by atoms with Crippen molar-refractivity contribution in [2.45, 2.75) is 39.1 Å². The van der Waals surface area contributed by atoms with Gasteiger partial charge in [-0.05, 0) is 25.7 Å². The van der Waals surface area contributed by atoms with Gasteiger partial charge in [-0.3, -0.25) is 0 Å². The molecule has 2 heterocycles. The topological polar surface area (TPSA) is 9.72 Å². The van der Waals surface area contributed by atoms with Crippen molar-refractivity contribution >= 4 is 19.7 Å². The van der Waals surface area contributed by atoms with Gasteiger partial charge in [0.05, 0.1) is 6.17 Å². The molecule has 0 aliphatic carbocycles. The van der Waals surface area contributed by atoms with Crippen LogP contribution in [0.2, 0.25) is 13.6 Å². The molecule has 0 radical (unpaired) electrons. The Morgan fingerprint density at radius 2 is 1.68 bits per heavy atom. The van der Waals surface area contributed by atoms with Crippen LogP contribution in [0.15, 0.2) is 24.3 Å².